The van der Waals surface area contributed by atoms with E-state index in [2.05, 4.69) is 15.6 Å². The zero-order valence-corrected chi connectivity index (χ0v) is 6.72. The van der Waals surface area contributed by atoms with Gasteiger partial charge in [0.25, 0.3) is 0 Å². The molecule has 1 aliphatic carbocycles. The molecule has 0 spiro atoms. The zero-order chi connectivity index (χ0) is 8.10. The lowest BCUT2D eigenvalue weighted by Gasteiger charge is -2.02. The van der Waals surface area contributed by atoms with Crippen molar-refractivity contribution in [3.05, 3.63) is 0 Å². The van der Waals surface area contributed by atoms with Crippen LogP contribution in [0.2, 0.25) is 0 Å². The fourth-order valence-electron chi connectivity index (χ4n) is 0.794. The molecule has 4 nitrogen and oxygen atoms in total. The number of carbonyl (C=O) groups excluding carboxylic acids is 1. The van der Waals surface area contributed by atoms with Crippen molar-refractivity contribution >= 4 is 5.91 Å². The van der Waals surface area contributed by atoms with Crippen LogP contribution in [0.4, 0.5) is 0 Å². The normalized spacial score (nSPS) is 16.5. The molecule has 0 aromatic carbocycles. The van der Waals surface area contributed by atoms with Crippen LogP contribution in [0.3, 0.4) is 0 Å². The minimum Gasteiger partial charge on any atom is -0.353 e. The predicted octanol–water partition coefficient (Wildman–Crippen LogP) is -0.194. The summed E-state index contributed by atoms with van der Waals surface area (Å²) < 4.78 is 0. The lowest BCUT2D eigenvalue weighted by Crippen LogP contribution is -2.28. The summed E-state index contributed by atoms with van der Waals surface area (Å²) in [7, 11) is 1.54. The Bertz CT molecular complexity index is 134. The van der Waals surface area contributed by atoms with Crippen LogP contribution in [-0.2, 0) is 9.63 Å². The van der Waals surface area contributed by atoms with Crippen molar-refractivity contribution in [1.29, 1.82) is 0 Å². The first-order chi connectivity index (χ1) is 5.33. The summed E-state index contributed by atoms with van der Waals surface area (Å²) in [6.45, 7) is 0.578. The van der Waals surface area contributed by atoms with Gasteiger partial charge in [-0.15, -0.1) is 0 Å². The van der Waals surface area contributed by atoms with Crippen LogP contribution < -0.4 is 10.8 Å². The molecule has 64 valence electrons. The number of hydroxylamine groups is 1. The average molecular weight is 158 g/mol. The van der Waals surface area contributed by atoms with Gasteiger partial charge in [-0.3, -0.25) is 4.79 Å². The van der Waals surface area contributed by atoms with E-state index in [1.165, 1.54) is 0 Å². The van der Waals surface area contributed by atoms with Crippen LogP contribution in [-0.4, -0.2) is 25.6 Å². The molecular formula is C7H14N2O2. The molecule has 1 saturated carbocycles. The van der Waals surface area contributed by atoms with Crippen molar-refractivity contribution in [2.45, 2.75) is 25.3 Å². The van der Waals surface area contributed by atoms with Crippen molar-refractivity contribution in [1.82, 2.24) is 10.8 Å². The summed E-state index contributed by atoms with van der Waals surface area (Å²) in [6, 6.07) is 0.463. The summed E-state index contributed by atoms with van der Waals surface area (Å²) in [4.78, 5) is 15.5. The van der Waals surface area contributed by atoms with Crippen LogP contribution in [0.15, 0.2) is 0 Å². The zero-order valence-electron chi connectivity index (χ0n) is 6.72. The van der Waals surface area contributed by atoms with Crippen molar-refractivity contribution in [3.8, 4) is 0 Å². The minimum atomic E-state index is 0.108. The smallest absolute Gasteiger partial charge is 0.221 e. The van der Waals surface area contributed by atoms with Crippen LogP contribution in [0.25, 0.3) is 0 Å². The monoisotopic (exact) mass is 158 g/mol. The van der Waals surface area contributed by atoms with Crippen molar-refractivity contribution in [2.75, 3.05) is 13.7 Å². The van der Waals surface area contributed by atoms with E-state index in [1.54, 1.807) is 7.11 Å². The number of amides is 1. The van der Waals surface area contributed by atoms with Gasteiger partial charge in [0.05, 0.1) is 7.11 Å². The molecule has 0 aliphatic heterocycles. The number of rotatable bonds is 5. The molecule has 0 bridgehead atoms. The first-order valence-corrected chi connectivity index (χ1v) is 3.88. The van der Waals surface area contributed by atoms with E-state index in [-0.39, 0.29) is 5.91 Å². The van der Waals surface area contributed by atoms with Crippen LogP contribution in [0, 0.1) is 0 Å². The maximum atomic E-state index is 11.0. The molecule has 0 radical (unpaired) electrons. The third kappa shape index (κ3) is 3.95. The van der Waals surface area contributed by atoms with E-state index < -0.39 is 0 Å². The highest BCUT2D eigenvalue weighted by Gasteiger charge is 2.22. The number of nitrogens with one attached hydrogen (secondary N) is 2. The Kier molecular flexibility index (Phi) is 3.32. The quantitative estimate of drug-likeness (QED) is 0.430. The van der Waals surface area contributed by atoms with E-state index in [0.29, 0.717) is 19.0 Å². The first-order valence-electron chi connectivity index (χ1n) is 3.88. The SMILES string of the molecule is CONCCC(=O)NC1CC1. The molecular weight excluding hydrogens is 144 g/mol. The Morgan fingerprint density at radius 3 is 2.91 bits per heavy atom. The highest BCUT2D eigenvalue weighted by Crippen LogP contribution is 2.18. The molecule has 1 fully saturated rings. The first kappa shape index (κ1) is 8.49. The molecule has 0 unspecified atom stereocenters. The van der Waals surface area contributed by atoms with Gasteiger partial charge in [-0.05, 0) is 12.8 Å². The maximum Gasteiger partial charge on any atom is 0.221 e. The van der Waals surface area contributed by atoms with Crippen LogP contribution in [0.5, 0.6) is 0 Å². The molecule has 2 N–H and O–H groups in total. The third-order valence-electron chi connectivity index (χ3n) is 1.54. The van der Waals surface area contributed by atoms with E-state index in [4.69, 9.17) is 0 Å². The molecule has 11 heavy (non-hydrogen) atoms. The third-order valence-corrected chi connectivity index (χ3v) is 1.54. The Hall–Kier alpha value is -0.610. The lowest BCUT2D eigenvalue weighted by atomic mass is 10.4. The van der Waals surface area contributed by atoms with E-state index in [0.717, 1.165) is 12.8 Å². The fourth-order valence-corrected chi connectivity index (χ4v) is 0.794. The van der Waals surface area contributed by atoms with Gasteiger partial charge in [-0.2, -0.15) is 0 Å². The van der Waals surface area contributed by atoms with Gasteiger partial charge < -0.3 is 10.2 Å². The average Bonchev–Trinajstić information content (AvgIpc) is 2.72. The predicted molar refractivity (Wildman–Crippen MR) is 40.8 cm³/mol. The van der Waals surface area contributed by atoms with Crippen molar-refractivity contribution < 1.29 is 9.63 Å². The van der Waals surface area contributed by atoms with Crippen molar-refractivity contribution in [3.63, 3.8) is 0 Å². The summed E-state index contributed by atoms with van der Waals surface area (Å²) in [5, 5.41) is 2.88. The molecule has 0 saturated heterocycles. The molecule has 0 aromatic rings. The summed E-state index contributed by atoms with van der Waals surface area (Å²) >= 11 is 0. The van der Waals surface area contributed by atoms with Gasteiger partial charge in [-0.25, -0.2) is 5.48 Å². The molecule has 4 heteroatoms. The second-order valence-electron chi connectivity index (χ2n) is 2.69. The molecule has 1 aliphatic rings. The molecule has 1 amide bonds. The Balaban J connectivity index is 1.92. The number of hydrogen-bond donors (Lipinski definition) is 2. The molecule has 1 rings (SSSR count). The summed E-state index contributed by atoms with van der Waals surface area (Å²) in [5.74, 6) is 0.108. The van der Waals surface area contributed by atoms with E-state index in [9.17, 15) is 4.79 Å². The van der Waals surface area contributed by atoms with E-state index >= 15 is 0 Å². The van der Waals surface area contributed by atoms with Gasteiger partial charge >= 0.3 is 0 Å². The van der Waals surface area contributed by atoms with Gasteiger partial charge in [-0.1, -0.05) is 0 Å². The Morgan fingerprint density at radius 2 is 2.36 bits per heavy atom. The summed E-state index contributed by atoms with van der Waals surface area (Å²) in [5.41, 5.74) is 2.61. The standard InChI is InChI=1S/C7H14N2O2/c1-11-8-5-4-7(10)9-6-2-3-6/h6,8H,2-5H2,1H3,(H,9,10). The molecule has 0 aromatic heterocycles. The Labute approximate surface area is 66.3 Å². The highest BCUT2D eigenvalue weighted by molar-refractivity contribution is 5.76. The largest absolute Gasteiger partial charge is 0.353 e. The number of hydrogen-bond acceptors (Lipinski definition) is 3. The fraction of sp³-hybridized carbons (Fsp3) is 0.857. The summed E-state index contributed by atoms with van der Waals surface area (Å²) in [6.07, 6.45) is 2.78. The van der Waals surface area contributed by atoms with Gasteiger partial charge in [0, 0.05) is 19.0 Å². The van der Waals surface area contributed by atoms with Crippen LogP contribution >= 0.6 is 0 Å². The Morgan fingerprint density at radius 1 is 1.64 bits per heavy atom. The number of carbonyl (C=O) groups is 1. The highest BCUT2D eigenvalue weighted by atomic mass is 16.6. The maximum absolute atomic E-state index is 11.0. The van der Waals surface area contributed by atoms with Gasteiger partial charge in [0.15, 0.2) is 0 Å². The van der Waals surface area contributed by atoms with Crippen LogP contribution in [0.1, 0.15) is 19.3 Å². The van der Waals surface area contributed by atoms with Gasteiger partial charge in [0.1, 0.15) is 0 Å². The topological polar surface area (TPSA) is 50.4 Å². The minimum absolute atomic E-state index is 0.108. The molecule has 0 heterocycles. The van der Waals surface area contributed by atoms with Gasteiger partial charge in [0.2, 0.25) is 5.91 Å². The second-order valence-corrected chi connectivity index (χ2v) is 2.69. The van der Waals surface area contributed by atoms with E-state index in [1.807, 2.05) is 0 Å². The lowest BCUT2D eigenvalue weighted by molar-refractivity contribution is -0.121. The molecule has 0 atom stereocenters. The second kappa shape index (κ2) is 4.31. The van der Waals surface area contributed by atoms with Crippen molar-refractivity contribution in [2.24, 2.45) is 0 Å².